The molecular weight excluding hydrogens is 446 g/mol. The number of ether oxygens (including phenoxy) is 2. The van der Waals surface area contributed by atoms with Gasteiger partial charge in [-0.3, -0.25) is 4.79 Å². The third-order valence-electron chi connectivity index (χ3n) is 4.39. The molecule has 0 aliphatic rings. The number of hydrogen-bond donors (Lipinski definition) is 0. The van der Waals surface area contributed by atoms with Crippen LogP contribution >= 0.6 is 15.9 Å². The maximum Gasteiger partial charge on any atom is 0.282 e. The van der Waals surface area contributed by atoms with Crippen LogP contribution in [0, 0.1) is 0 Å². The van der Waals surface area contributed by atoms with E-state index in [2.05, 4.69) is 21.0 Å². The summed E-state index contributed by atoms with van der Waals surface area (Å²) in [7, 11) is 0. The van der Waals surface area contributed by atoms with E-state index in [1.165, 1.54) is 4.68 Å². The quantitative estimate of drug-likeness (QED) is 0.467. The van der Waals surface area contributed by atoms with Gasteiger partial charge in [0.05, 0.1) is 30.3 Å². The lowest BCUT2D eigenvalue weighted by molar-refractivity contribution is 0.323. The first kappa shape index (κ1) is 22.0. The SMILES string of the molecule is CCOc1ccc(C=Nn2c(C(C)(C)C)nc3ccc(Br)cc3c2=O)c(OCC)c1. The number of hydrogen-bond acceptors (Lipinski definition) is 5. The van der Waals surface area contributed by atoms with Gasteiger partial charge in [0, 0.05) is 21.5 Å². The Labute approximate surface area is 184 Å². The minimum absolute atomic E-state index is 0.216. The van der Waals surface area contributed by atoms with Crippen LogP contribution in [0.4, 0.5) is 0 Å². The van der Waals surface area contributed by atoms with Crippen LogP contribution in [0.3, 0.4) is 0 Å². The largest absolute Gasteiger partial charge is 0.494 e. The van der Waals surface area contributed by atoms with Gasteiger partial charge in [0.15, 0.2) is 0 Å². The molecule has 2 aromatic carbocycles. The van der Waals surface area contributed by atoms with Crippen LogP contribution in [-0.2, 0) is 5.41 Å². The molecule has 1 aromatic heterocycles. The van der Waals surface area contributed by atoms with Crippen molar-refractivity contribution >= 4 is 33.0 Å². The van der Waals surface area contributed by atoms with Gasteiger partial charge in [0.2, 0.25) is 0 Å². The molecule has 0 fully saturated rings. The molecule has 0 aliphatic heterocycles. The second-order valence-electron chi connectivity index (χ2n) is 7.77. The Morgan fingerprint density at radius 2 is 1.83 bits per heavy atom. The molecule has 6 nitrogen and oxygen atoms in total. The van der Waals surface area contributed by atoms with Crippen LogP contribution in [0.2, 0.25) is 0 Å². The highest BCUT2D eigenvalue weighted by atomic mass is 79.9. The van der Waals surface area contributed by atoms with Gasteiger partial charge in [-0.05, 0) is 44.2 Å². The lowest BCUT2D eigenvalue weighted by atomic mass is 9.95. The first-order valence-corrected chi connectivity index (χ1v) is 10.7. The second kappa shape index (κ2) is 9.00. The molecule has 0 unspecified atom stereocenters. The fourth-order valence-electron chi connectivity index (χ4n) is 3.02. The lowest BCUT2D eigenvalue weighted by Crippen LogP contribution is -2.29. The number of rotatable bonds is 6. The van der Waals surface area contributed by atoms with E-state index in [1.54, 1.807) is 12.3 Å². The first-order chi connectivity index (χ1) is 14.2. The van der Waals surface area contributed by atoms with E-state index in [1.807, 2.05) is 65.0 Å². The maximum absolute atomic E-state index is 13.3. The zero-order valence-electron chi connectivity index (χ0n) is 17.9. The average molecular weight is 472 g/mol. The summed E-state index contributed by atoms with van der Waals surface area (Å²) in [6, 6.07) is 11.0. The Balaban J connectivity index is 2.16. The molecule has 0 amide bonds. The monoisotopic (exact) mass is 471 g/mol. The summed E-state index contributed by atoms with van der Waals surface area (Å²) in [5, 5.41) is 5.03. The molecule has 30 heavy (non-hydrogen) atoms. The molecule has 0 N–H and O–H groups in total. The Morgan fingerprint density at radius 1 is 1.10 bits per heavy atom. The zero-order valence-corrected chi connectivity index (χ0v) is 19.5. The van der Waals surface area contributed by atoms with E-state index >= 15 is 0 Å². The third kappa shape index (κ3) is 4.73. The van der Waals surface area contributed by atoms with E-state index < -0.39 is 0 Å². The van der Waals surface area contributed by atoms with Crippen LogP contribution < -0.4 is 15.0 Å². The van der Waals surface area contributed by atoms with Crippen molar-refractivity contribution in [2.45, 2.75) is 40.0 Å². The fraction of sp³-hybridized carbons (Fsp3) is 0.348. The molecule has 0 bridgehead atoms. The number of nitrogens with zero attached hydrogens (tertiary/aromatic N) is 3. The average Bonchev–Trinajstić information content (AvgIpc) is 2.68. The standard InChI is InChI=1S/C23H26BrN3O3/c1-6-29-17-10-8-15(20(13-17)30-7-2)14-25-27-21(28)18-12-16(24)9-11-19(18)26-22(27)23(3,4)5/h8-14H,6-7H2,1-5H3. The smallest absolute Gasteiger partial charge is 0.282 e. The van der Waals surface area contributed by atoms with Gasteiger partial charge in [0.25, 0.3) is 5.56 Å². The van der Waals surface area contributed by atoms with Gasteiger partial charge < -0.3 is 9.47 Å². The molecular formula is C23H26BrN3O3. The Morgan fingerprint density at radius 3 is 2.50 bits per heavy atom. The predicted octanol–water partition coefficient (Wildman–Crippen LogP) is 5.14. The number of halogens is 1. The molecule has 158 valence electrons. The van der Waals surface area contributed by atoms with Gasteiger partial charge in [0.1, 0.15) is 17.3 Å². The van der Waals surface area contributed by atoms with Crippen molar-refractivity contribution in [1.29, 1.82) is 0 Å². The van der Waals surface area contributed by atoms with Crippen LogP contribution in [0.25, 0.3) is 10.9 Å². The highest BCUT2D eigenvalue weighted by Crippen LogP contribution is 2.25. The second-order valence-corrected chi connectivity index (χ2v) is 8.69. The molecule has 7 heteroatoms. The van der Waals surface area contributed by atoms with E-state index in [-0.39, 0.29) is 11.0 Å². The number of aromatic nitrogens is 2. The van der Waals surface area contributed by atoms with Crippen LogP contribution in [0.1, 0.15) is 46.0 Å². The molecule has 0 saturated carbocycles. The van der Waals surface area contributed by atoms with E-state index in [4.69, 9.17) is 14.5 Å². The van der Waals surface area contributed by atoms with E-state index in [0.29, 0.717) is 35.7 Å². The van der Waals surface area contributed by atoms with Crippen LogP contribution in [0.15, 0.2) is 50.8 Å². The van der Waals surface area contributed by atoms with Gasteiger partial charge in [-0.25, -0.2) is 4.98 Å². The molecule has 0 radical (unpaired) electrons. The van der Waals surface area contributed by atoms with Crippen molar-refractivity contribution in [1.82, 2.24) is 9.66 Å². The summed E-state index contributed by atoms with van der Waals surface area (Å²) >= 11 is 3.43. The highest BCUT2D eigenvalue weighted by Gasteiger charge is 2.23. The van der Waals surface area contributed by atoms with Crippen molar-refractivity contribution in [2.75, 3.05) is 13.2 Å². The fourth-order valence-corrected chi connectivity index (χ4v) is 3.38. The Bertz CT molecular complexity index is 1150. The van der Waals surface area contributed by atoms with Gasteiger partial charge in [-0.15, -0.1) is 0 Å². The van der Waals surface area contributed by atoms with E-state index in [0.717, 1.165) is 15.8 Å². The van der Waals surface area contributed by atoms with Gasteiger partial charge in [-0.2, -0.15) is 9.78 Å². The summed E-state index contributed by atoms with van der Waals surface area (Å²) in [5.41, 5.74) is 0.808. The number of benzene rings is 2. The van der Waals surface area contributed by atoms with Crippen molar-refractivity contribution in [2.24, 2.45) is 5.10 Å². The Hall–Kier alpha value is -2.67. The van der Waals surface area contributed by atoms with Gasteiger partial charge in [-0.1, -0.05) is 36.7 Å². The Kier molecular flexibility index (Phi) is 6.61. The van der Waals surface area contributed by atoms with Crippen molar-refractivity contribution in [3.63, 3.8) is 0 Å². The summed E-state index contributed by atoms with van der Waals surface area (Å²) in [5.74, 6) is 1.96. The summed E-state index contributed by atoms with van der Waals surface area (Å²) in [4.78, 5) is 18.0. The van der Waals surface area contributed by atoms with Crippen LogP contribution in [-0.4, -0.2) is 29.1 Å². The molecule has 0 saturated heterocycles. The third-order valence-corrected chi connectivity index (χ3v) is 4.88. The van der Waals surface area contributed by atoms with Crippen molar-refractivity contribution < 1.29 is 9.47 Å². The summed E-state index contributed by atoms with van der Waals surface area (Å²) in [6.07, 6.45) is 1.63. The molecule has 3 aromatic rings. The summed E-state index contributed by atoms with van der Waals surface area (Å²) in [6.45, 7) is 11.0. The van der Waals surface area contributed by atoms with Crippen molar-refractivity contribution in [3.05, 3.63) is 62.6 Å². The van der Waals surface area contributed by atoms with Crippen LogP contribution in [0.5, 0.6) is 11.5 Å². The molecule has 0 aliphatic carbocycles. The first-order valence-electron chi connectivity index (χ1n) is 9.91. The maximum atomic E-state index is 13.3. The molecule has 0 spiro atoms. The normalized spacial score (nSPS) is 11.9. The topological polar surface area (TPSA) is 65.7 Å². The predicted molar refractivity (Wildman–Crippen MR) is 124 cm³/mol. The molecule has 3 rings (SSSR count). The lowest BCUT2D eigenvalue weighted by Gasteiger charge is -2.21. The highest BCUT2D eigenvalue weighted by molar-refractivity contribution is 9.10. The molecule has 0 atom stereocenters. The minimum Gasteiger partial charge on any atom is -0.494 e. The molecule has 1 heterocycles. The minimum atomic E-state index is -0.376. The van der Waals surface area contributed by atoms with E-state index in [9.17, 15) is 4.79 Å². The number of fused-ring (bicyclic) bond motifs is 1. The van der Waals surface area contributed by atoms with Gasteiger partial charge >= 0.3 is 0 Å². The zero-order chi connectivity index (χ0) is 21.9. The summed E-state index contributed by atoms with van der Waals surface area (Å²) < 4.78 is 13.5. The van der Waals surface area contributed by atoms with Crippen molar-refractivity contribution in [3.8, 4) is 11.5 Å².